The standard InChI is InChI=1S/C8H10O4/c1-3-6(2)8(11)12-5-4-7(9)10/h3H,1-2,4-5H2,(H,9,10). The van der Waals surface area contributed by atoms with Crippen molar-refractivity contribution in [1.82, 2.24) is 0 Å². The molecule has 0 saturated carbocycles. The summed E-state index contributed by atoms with van der Waals surface area (Å²) in [4.78, 5) is 20.8. The Bertz CT molecular complexity index is 217. The maximum absolute atomic E-state index is 10.8. The molecular formula is C8H10O4. The van der Waals surface area contributed by atoms with Crippen molar-refractivity contribution >= 4 is 11.9 Å². The van der Waals surface area contributed by atoms with Crippen LogP contribution < -0.4 is 0 Å². The number of carboxylic acid groups (broad SMARTS) is 1. The fourth-order valence-electron chi connectivity index (χ4n) is 0.407. The molecule has 0 amide bonds. The first-order valence-corrected chi connectivity index (χ1v) is 3.28. The number of carboxylic acids is 1. The zero-order valence-corrected chi connectivity index (χ0v) is 6.58. The number of aliphatic carboxylic acids is 1. The van der Waals surface area contributed by atoms with Crippen LogP contribution in [0.1, 0.15) is 6.42 Å². The van der Waals surface area contributed by atoms with Gasteiger partial charge in [0.25, 0.3) is 0 Å². The molecule has 0 rings (SSSR count). The van der Waals surface area contributed by atoms with Crippen molar-refractivity contribution in [3.05, 3.63) is 24.8 Å². The summed E-state index contributed by atoms with van der Waals surface area (Å²) < 4.78 is 4.51. The number of carbonyl (C=O) groups excluding carboxylic acids is 1. The molecule has 66 valence electrons. The minimum atomic E-state index is -1.01. The van der Waals surface area contributed by atoms with Crippen molar-refractivity contribution in [2.45, 2.75) is 6.42 Å². The summed E-state index contributed by atoms with van der Waals surface area (Å²) in [6.45, 7) is 6.50. The minimum Gasteiger partial charge on any atom is -0.481 e. The van der Waals surface area contributed by atoms with Crippen molar-refractivity contribution in [2.24, 2.45) is 0 Å². The molecule has 0 aromatic rings. The van der Waals surface area contributed by atoms with Gasteiger partial charge in [0.2, 0.25) is 0 Å². The van der Waals surface area contributed by atoms with Gasteiger partial charge in [-0.2, -0.15) is 0 Å². The van der Waals surface area contributed by atoms with Crippen molar-refractivity contribution < 1.29 is 19.4 Å². The lowest BCUT2D eigenvalue weighted by Gasteiger charge is -2.00. The first-order chi connectivity index (χ1) is 5.57. The van der Waals surface area contributed by atoms with Crippen LogP contribution in [0.15, 0.2) is 24.8 Å². The molecule has 0 aromatic heterocycles. The van der Waals surface area contributed by atoms with E-state index in [0.717, 1.165) is 0 Å². The van der Waals surface area contributed by atoms with Crippen LogP contribution in [0.2, 0.25) is 0 Å². The van der Waals surface area contributed by atoms with Crippen molar-refractivity contribution in [2.75, 3.05) is 6.61 Å². The highest BCUT2D eigenvalue weighted by Gasteiger charge is 2.05. The molecule has 0 aliphatic rings. The normalized spacial score (nSPS) is 8.67. The summed E-state index contributed by atoms with van der Waals surface area (Å²) >= 11 is 0. The van der Waals surface area contributed by atoms with E-state index in [9.17, 15) is 9.59 Å². The Morgan fingerprint density at radius 2 is 2.08 bits per heavy atom. The van der Waals surface area contributed by atoms with Gasteiger partial charge < -0.3 is 9.84 Å². The average molecular weight is 170 g/mol. The van der Waals surface area contributed by atoms with E-state index in [4.69, 9.17) is 5.11 Å². The summed E-state index contributed by atoms with van der Waals surface area (Å²) in [5.41, 5.74) is 0.125. The molecule has 0 saturated heterocycles. The molecule has 0 unspecified atom stereocenters. The molecule has 4 heteroatoms. The van der Waals surface area contributed by atoms with Gasteiger partial charge in [0.1, 0.15) is 6.61 Å². The Labute approximate surface area is 70.1 Å². The average Bonchev–Trinajstić information content (AvgIpc) is 2.02. The Kier molecular flexibility index (Phi) is 4.45. The van der Waals surface area contributed by atoms with E-state index in [0.29, 0.717) is 0 Å². The number of carbonyl (C=O) groups is 2. The van der Waals surface area contributed by atoms with E-state index in [1.807, 2.05) is 0 Å². The van der Waals surface area contributed by atoms with Gasteiger partial charge in [-0.05, 0) is 0 Å². The monoisotopic (exact) mass is 170 g/mol. The maximum Gasteiger partial charge on any atom is 0.337 e. The molecule has 4 nitrogen and oxygen atoms in total. The molecule has 0 heterocycles. The Hall–Kier alpha value is -1.58. The Morgan fingerprint density at radius 3 is 2.50 bits per heavy atom. The van der Waals surface area contributed by atoms with Gasteiger partial charge in [-0.1, -0.05) is 19.2 Å². The third-order valence-electron chi connectivity index (χ3n) is 1.06. The number of rotatable bonds is 5. The minimum absolute atomic E-state index is 0.125. The van der Waals surface area contributed by atoms with Crippen molar-refractivity contribution in [1.29, 1.82) is 0 Å². The quantitative estimate of drug-likeness (QED) is 0.375. The van der Waals surface area contributed by atoms with Gasteiger partial charge in [-0.15, -0.1) is 0 Å². The summed E-state index contributed by atoms with van der Waals surface area (Å²) in [6, 6.07) is 0. The van der Waals surface area contributed by atoms with Gasteiger partial charge in [0, 0.05) is 0 Å². The smallest absolute Gasteiger partial charge is 0.337 e. The molecule has 0 aliphatic heterocycles. The van der Waals surface area contributed by atoms with E-state index in [-0.39, 0.29) is 18.6 Å². The van der Waals surface area contributed by atoms with Gasteiger partial charge in [-0.3, -0.25) is 4.79 Å². The van der Waals surface area contributed by atoms with Crippen LogP contribution in [0.4, 0.5) is 0 Å². The zero-order valence-electron chi connectivity index (χ0n) is 6.58. The fourth-order valence-corrected chi connectivity index (χ4v) is 0.407. The topological polar surface area (TPSA) is 63.6 Å². The first-order valence-electron chi connectivity index (χ1n) is 3.28. The van der Waals surface area contributed by atoms with Crippen LogP contribution in [0.3, 0.4) is 0 Å². The second kappa shape index (κ2) is 5.12. The third kappa shape index (κ3) is 4.27. The highest BCUT2D eigenvalue weighted by molar-refractivity contribution is 5.90. The van der Waals surface area contributed by atoms with E-state index in [2.05, 4.69) is 17.9 Å². The van der Waals surface area contributed by atoms with Crippen LogP contribution in [0, 0.1) is 0 Å². The van der Waals surface area contributed by atoms with Crippen LogP contribution in [0.25, 0.3) is 0 Å². The largest absolute Gasteiger partial charge is 0.481 e. The molecule has 0 atom stereocenters. The lowest BCUT2D eigenvalue weighted by atomic mass is 10.3. The lowest BCUT2D eigenvalue weighted by Crippen LogP contribution is -2.09. The maximum atomic E-state index is 10.8. The molecule has 0 radical (unpaired) electrons. The van der Waals surface area contributed by atoms with E-state index in [1.165, 1.54) is 6.08 Å². The molecule has 0 aliphatic carbocycles. The van der Waals surface area contributed by atoms with Crippen LogP contribution >= 0.6 is 0 Å². The van der Waals surface area contributed by atoms with Crippen molar-refractivity contribution in [3.8, 4) is 0 Å². The van der Waals surface area contributed by atoms with Crippen LogP contribution in [-0.2, 0) is 14.3 Å². The summed E-state index contributed by atoms with van der Waals surface area (Å²) in [5.74, 6) is -1.64. The van der Waals surface area contributed by atoms with Crippen molar-refractivity contribution in [3.63, 3.8) is 0 Å². The van der Waals surface area contributed by atoms with Crippen LogP contribution in [0.5, 0.6) is 0 Å². The van der Waals surface area contributed by atoms with Gasteiger partial charge in [0.05, 0.1) is 12.0 Å². The predicted molar refractivity (Wildman–Crippen MR) is 42.5 cm³/mol. The van der Waals surface area contributed by atoms with E-state index in [1.54, 1.807) is 0 Å². The first kappa shape index (κ1) is 10.4. The number of ether oxygens (including phenoxy) is 1. The Morgan fingerprint density at radius 1 is 1.50 bits per heavy atom. The SMILES string of the molecule is C=CC(=C)C(=O)OCCC(=O)O. The van der Waals surface area contributed by atoms with Gasteiger partial charge in [-0.25, -0.2) is 4.79 Å². The third-order valence-corrected chi connectivity index (χ3v) is 1.06. The van der Waals surface area contributed by atoms with Gasteiger partial charge in [0.15, 0.2) is 0 Å². The summed E-state index contributed by atoms with van der Waals surface area (Å²) in [5, 5.41) is 8.19. The second-order valence-corrected chi connectivity index (χ2v) is 2.01. The zero-order chi connectivity index (χ0) is 9.56. The number of esters is 1. The highest BCUT2D eigenvalue weighted by Crippen LogP contribution is 1.95. The highest BCUT2D eigenvalue weighted by atomic mass is 16.5. The second-order valence-electron chi connectivity index (χ2n) is 2.01. The molecule has 0 fully saturated rings. The summed E-state index contributed by atoms with van der Waals surface area (Å²) in [6.07, 6.45) is 1.05. The molecule has 1 N–H and O–H groups in total. The molecule has 0 bridgehead atoms. The van der Waals surface area contributed by atoms with Crippen LogP contribution in [-0.4, -0.2) is 23.7 Å². The molecule has 0 aromatic carbocycles. The lowest BCUT2D eigenvalue weighted by molar-refractivity contribution is -0.143. The molecule has 12 heavy (non-hydrogen) atoms. The van der Waals surface area contributed by atoms with E-state index >= 15 is 0 Å². The molecule has 0 spiro atoms. The predicted octanol–water partition coefficient (Wildman–Crippen LogP) is 0.746. The fraction of sp³-hybridized carbons (Fsp3) is 0.250. The van der Waals surface area contributed by atoms with Gasteiger partial charge >= 0.3 is 11.9 Å². The Balaban J connectivity index is 3.65. The van der Waals surface area contributed by atoms with E-state index < -0.39 is 11.9 Å². The molecular weight excluding hydrogens is 160 g/mol. The summed E-state index contributed by atoms with van der Waals surface area (Å²) in [7, 11) is 0. The number of hydrogen-bond acceptors (Lipinski definition) is 3. The number of hydrogen-bond donors (Lipinski definition) is 1.